The maximum Gasteiger partial charge on any atom is 0.161 e. The lowest BCUT2D eigenvalue weighted by Crippen LogP contribution is -2.09. The Bertz CT molecular complexity index is 451. The first-order valence-corrected chi connectivity index (χ1v) is 8.13. The van der Waals surface area contributed by atoms with Gasteiger partial charge in [0.25, 0.3) is 0 Å². The molecule has 1 atom stereocenters. The first-order chi connectivity index (χ1) is 8.24. The predicted octanol–water partition coefficient (Wildman–Crippen LogP) is 4.50. The van der Waals surface area contributed by atoms with Crippen molar-refractivity contribution in [3.63, 3.8) is 0 Å². The molecule has 1 unspecified atom stereocenters. The summed E-state index contributed by atoms with van der Waals surface area (Å²) in [4.78, 5) is 4.58. The van der Waals surface area contributed by atoms with Crippen molar-refractivity contribution in [2.45, 2.75) is 18.1 Å². The van der Waals surface area contributed by atoms with Crippen LogP contribution in [-0.2, 0) is 0 Å². The molecule has 5 heteroatoms. The van der Waals surface area contributed by atoms with E-state index in [1.54, 1.807) is 0 Å². The number of halogens is 2. The number of benzene rings is 1. The number of thioether (sulfide) groups is 1. The van der Waals surface area contributed by atoms with Gasteiger partial charge < -0.3 is 5.32 Å². The highest BCUT2D eigenvalue weighted by Crippen LogP contribution is 2.42. The number of amidine groups is 1. The van der Waals surface area contributed by atoms with Crippen LogP contribution in [0.2, 0.25) is 0 Å². The fourth-order valence-electron chi connectivity index (χ4n) is 1.90. The van der Waals surface area contributed by atoms with Crippen molar-refractivity contribution in [3.05, 3.63) is 27.1 Å². The number of nitrogens with zero attached hydrogens (tertiary/aromatic N) is 1. The number of aliphatic imine (C=N–C) groups is 1. The molecule has 0 amide bonds. The van der Waals surface area contributed by atoms with Gasteiger partial charge in [0.15, 0.2) is 5.17 Å². The van der Waals surface area contributed by atoms with Gasteiger partial charge in [0.2, 0.25) is 0 Å². The van der Waals surface area contributed by atoms with Gasteiger partial charge in [0, 0.05) is 14.2 Å². The van der Waals surface area contributed by atoms with Crippen LogP contribution in [0.25, 0.3) is 0 Å². The van der Waals surface area contributed by atoms with Crippen molar-refractivity contribution < 1.29 is 0 Å². The van der Waals surface area contributed by atoms with Gasteiger partial charge in [-0.15, -0.1) is 0 Å². The Labute approximate surface area is 122 Å². The number of hydrogen-bond donors (Lipinski definition) is 1. The van der Waals surface area contributed by atoms with E-state index in [2.05, 4.69) is 42.2 Å². The molecule has 1 fully saturated rings. The van der Waals surface area contributed by atoms with Gasteiger partial charge in [0.1, 0.15) is 0 Å². The Morgan fingerprint density at radius 2 is 1.94 bits per heavy atom. The Balaban J connectivity index is 1.71. The maximum atomic E-state index is 4.58. The fourth-order valence-corrected chi connectivity index (χ4v) is 4.30. The zero-order valence-corrected chi connectivity index (χ0v) is 13.1. The summed E-state index contributed by atoms with van der Waals surface area (Å²) in [5, 5.41) is 5.17. The molecule has 90 valence electrons. The maximum absolute atomic E-state index is 4.58. The van der Waals surface area contributed by atoms with E-state index in [4.69, 9.17) is 0 Å². The van der Waals surface area contributed by atoms with Crippen LogP contribution in [-0.4, -0.2) is 17.0 Å². The second-order valence-corrected chi connectivity index (χ2v) is 7.30. The molecule has 17 heavy (non-hydrogen) atoms. The second-order valence-electron chi connectivity index (χ2n) is 4.36. The van der Waals surface area contributed by atoms with Gasteiger partial charge in [-0.2, -0.15) is 0 Å². The van der Waals surface area contributed by atoms with Gasteiger partial charge in [-0.1, -0.05) is 17.8 Å². The quantitative estimate of drug-likeness (QED) is 0.822. The summed E-state index contributed by atoms with van der Waals surface area (Å²) in [7, 11) is 0. The first-order valence-electron chi connectivity index (χ1n) is 5.66. The average Bonchev–Trinajstić information content (AvgIpc) is 3.05. The summed E-state index contributed by atoms with van der Waals surface area (Å²) in [6.07, 6.45) is 2.78. The Morgan fingerprint density at radius 1 is 1.24 bits per heavy atom. The van der Waals surface area contributed by atoms with Crippen molar-refractivity contribution in [1.29, 1.82) is 0 Å². The largest absolute Gasteiger partial charge is 0.333 e. The van der Waals surface area contributed by atoms with E-state index >= 15 is 0 Å². The van der Waals surface area contributed by atoms with Crippen LogP contribution in [0.5, 0.6) is 0 Å². The fraction of sp³-hybridized carbons (Fsp3) is 0.417. The Kier molecular flexibility index (Phi) is 3.50. The van der Waals surface area contributed by atoms with Crippen LogP contribution in [0, 0.1) is 5.92 Å². The van der Waals surface area contributed by atoms with E-state index in [9.17, 15) is 0 Å². The lowest BCUT2D eigenvalue weighted by Gasteiger charge is -2.11. The molecule has 2 nitrogen and oxygen atoms in total. The molecule has 1 N–H and O–H groups in total. The molecule has 0 bridgehead atoms. The van der Waals surface area contributed by atoms with Crippen molar-refractivity contribution >= 4 is 54.5 Å². The molecule has 0 radical (unpaired) electrons. The Hall–Kier alpha value is -0.000000000000000111. The molecule has 1 aromatic carbocycles. The highest BCUT2D eigenvalue weighted by molar-refractivity contribution is 9.11. The van der Waals surface area contributed by atoms with Gasteiger partial charge in [0.05, 0.1) is 12.2 Å². The number of hydrogen-bond acceptors (Lipinski definition) is 3. The molecule has 3 rings (SSSR count). The minimum absolute atomic E-state index is 0.707. The average molecular weight is 376 g/mol. The van der Waals surface area contributed by atoms with Crippen LogP contribution in [0.1, 0.15) is 12.8 Å². The van der Waals surface area contributed by atoms with Crippen LogP contribution < -0.4 is 5.32 Å². The second kappa shape index (κ2) is 4.94. The van der Waals surface area contributed by atoms with Crippen LogP contribution in [0.3, 0.4) is 0 Å². The van der Waals surface area contributed by atoms with E-state index in [0.29, 0.717) is 5.25 Å². The molecule has 1 saturated carbocycles. The Morgan fingerprint density at radius 3 is 2.59 bits per heavy atom. The molecule has 1 aromatic rings. The topological polar surface area (TPSA) is 24.4 Å². The molecule has 0 saturated heterocycles. The lowest BCUT2D eigenvalue weighted by atomic mass is 10.3. The van der Waals surface area contributed by atoms with E-state index in [0.717, 1.165) is 32.3 Å². The van der Waals surface area contributed by atoms with E-state index in [1.165, 1.54) is 12.8 Å². The lowest BCUT2D eigenvalue weighted by molar-refractivity contribution is 0.773. The highest BCUT2D eigenvalue weighted by atomic mass is 79.9. The van der Waals surface area contributed by atoms with Crippen molar-refractivity contribution in [2.24, 2.45) is 10.9 Å². The van der Waals surface area contributed by atoms with Gasteiger partial charge >= 0.3 is 0 Å². The summed E-state index contributed by atoms with van der Waals surface area (Å²) < 4.78 is 2.12. The molecule has 1 aliphatic heterocycles. The summed E-state index contributed by atoms with van der Waals surface area (Å²) in [5.41, 5.74) is 1.06. The monoisotopic (exact) mass is 374 g/mol. The molecular formula is C12H12Br2N2S. The molecule has 0 spiro atoms. The molecule has 2 aliphatic rings. The number of rotatable bonds is 2. The van der Waals surface area contributed by atoms with E-state index in [-0.39, 0.29) is 0 Å². The van der Waals surface area contributed by atoms with Gasteiger partial charge in [-0.3, -0.25) is 4.99 Å². The molecule has 1 heterocycles. The van der Waals surface area contributed by atoms with Crippen LogP contribution in [0.4, 0.5) is 5.69 Å². The normalized spacial score (nSPS) is 23.6. The molecule has 0 aromatic heterocycles. The third-order valence-corrected chi connectivity index (χ3v) is 5.63. The first kappa shape index (κ1) is 12.1. The smallest absolute Gasteiger partial charge is 0.161 e. The number of anilines is 1. The predicted molar refractivity (Wildman–Crippen MR) is 81.9 cm³/mol. The third-order valence-electron chi connectivity index (χ3n) is 3.02. The summed E-state index contributed by atoms with van der Waals surface area (Å²) in [6, 6.07) is 6.08. The summed E-state index contributed by atoms with van der Waals surface area (Å²) >= 11 is 9.00. The van der Waals surface area contributed by atoms with Crippen molar-refractivity contribution in [3.8, 4) is 0 Å². The minimum atomic E-state index is 0.707. The zero-order chi connectivity index (χ0) is 11.8. The standard InChI is InChI=1S/C12H12Br2N2S/c13-8-2-1-3-9(14)11(8)16-12-15-6-10(17-12)7-4-5-7/h1-3,7,10H,4-6H2,(H,15,16). The number of para-hydroxylation sites is 1. The van der Waals surface area contributed by atoms with E-state index < -0.39 is 0 Å². The SMILES string of the molecule is Brc1cccc(Br)c1NC1=NCC(C2CC2)S1. The highest BCUT2D eigenvalue weighted by Gasteiger charge is 2.35. The zero-order valence-electron chi connectivity index (χ0n) is 9.12. The minimum Gasteiger partial charge on any atom is -0.333 e. The molecular weight excluding hydrogens is 364 g/mol. The third kappa shape index (κ3) is 2.71. The van der Waals surface area contributed by atoms with E-state index in [1.807, 2.05) is 30.0 Å². The van der Waals surface area contributed by atoms with Crippen molar-refractivity contribution in [1.82, 2.24) is 0 Å². The number of nitrogens with one attached hydrogen (secondary N) is 1. The van der Waals surface area contributed by atoms with Crippen LogP contribution in [0.15, 0.2) is 32.1 Å². The van der Waals surface area contributed by atoms with Gasteiger partial charge in [-0.05, 0) is 62.8 Å². The van der Waals surface area contributed by atoms with Crippen molar-refractivity contribution in [2.75, 3.05) is 11.9 Å². The molecule has 1 aliphatic carbocycles. The van der Waals surface area contributed by atoms with Crippen LogP contribution >= 0.6 is 43.6 Å². The summed E-state index contributed by atoms with van der Waals surface area (Å²) in [6.45, 7) is 0.972. The summed E-state index contributed by atoms with van der Waals surface area (Å²) in [5.74, 6) is 0.908. The van der Waals surface area contributed by atoms with Gasteiger partial charge in [-0.25, -0.2) is 0 Å².